The number of carbonyl (C=O) groups is 1. The Hall–Kier alpha value is -0.950. The summed E-state index contributed by atoms with van der Waals surface area (Å²) in [6.45, 7) is 4.08. The van der Waals surface area contributed by atoms with Crippen molar-refractivity contribution >= 4 is 63.9 Å². The predicted molar refractivity (Wildman–Crippen MR) is 118 cm³/mol. The van der Waals surface area contributed by atoms with Crippen LogP contribution in [-0.2, 0) is 11.2 Å². The topological polar surface area (TPSA) is 62.4 Å². The van der Waals surface area contributed by atoms with E-state index in [9.17, 15) is 4.79 Å². The molecule has 1 atom stereocenters. The van der Waals surface area contributed by atoms with E-state index in [0.29, 0.717) is 0 Å². The minimum atomic E-state index is -1.82. The number of unbranched alkanes of at least 4 members (excludes halogenated alkanes) is 3. The highest BCUT2D eigenvalue weighted by atomic mass is 35.6. The van der Waals surface area contributed by atoms with Gasteiger partial charge in [0.2, 0.25) is 3.79 Å². The van der Waals surface area contributed by atoms with Crippen LogP contribution in [0.5, 0.6) is 0 Å². The molecule has 0 bridgehead atoms. The fraction of sp³-hybridized carbons (Fsp3) is 0.556. The lowest BCUT2D eigenvalue weighted by Crippen LogP contribution is -2.56. The molecule has 1 unspecified atom stereocenters. The number of aryl methyl sites for hydroxylation is 1. The van der Waals surface area contributed by atoms with E-state index in [1.807, 2.05) is 12.1 Å². The maximum absolute atomic E-state index is 11.6. The minimum Gasteiger partial charge on any atom is -0.450 e. The number of halogens is 3. The van der Waals surface area contributed by atoms with Gasteiger partial charge in [0, 0.05) is 5.69 Å². The van der Waals surface area contributed by atoms with Gasteiger partial charge in [-0.1, -0.05) is 73.1 Å². The summed E-state index contributed by atoms with van der Waals surface area (Å²) in [5.41, 5.74) is 2.07. The van der Waals surface area contributed by atoms with Gasteiger partial charge in [-0.05, 0) is 49.7 Å². The Morgan fingerprint density at radius 3 is 2.33 bits per heavy atom. The first kappa shape index (κ1) is 24.1. The second kappa shape index (κ2) is 12.5. The van der Waals surface area contributed by atoms with Crippen molar-refractivity contribution in [2.24, 2.45) is 0 Å². The maximum Gasteiger partial charge on any atom is 0.408 e. The number of amides is 1. The number of nitrogens with one attached hydrogen (secondary N) is 3. The van der Waals surface area contributed by atoms with E-state index in [1.165, 1.54) is 31.2 Å². The second-order valence-electron chi connectivity index (χ2n) is 5.95. The SMILES string of the molecule is CCCCCCc1ccc(NC(=S)NC(NC(=O)OCC)C(Cl)(Cl)Cl)cc1. The molecular formula is C18H26Cl3N3O2S. The van der Waals surface area contributed by atoms with E-state index in [0.717, 1.165) is 12.1 Å². The van der Waals surface area contributed by atoms with Crippen molar-refractivity contribution in [2.75, 3.05) is 11.9 Å². The Bertz CT molecular complexity index is 595. The minimum absolute atomic E-state index is 0.200. The highest BCUT2D eigenvalue weighted by Crippen LogP contribution is 2.29. The molecule has 1 rings (SSSR count). The van der Waals surface area contributed by atoms with Crippen LogP contribution in [0.15, 0.2) is 24.3 Å². The largest absolute Gasteiger partial charge is 0.450 e. The molecule has 0 aliphatic rings. The Morgan fingerprint density at radius 2 is 1.78 bits per heavy atom. The van der Waals surface area contributed by atoms with E-state index in [4.69, 9.17) is 51.8 Å². The van der Waals surface area contributed by atoms with E-state index >= 15 is 0 Å². The Labute approximate surface area is 181 Å². The Morgan fingerprint density at radius 1 is 1.11 bits per heavy atom. The van der Waals surface area contributed by atoms with Crippen LogP contribution in [-0.4, -0.2) is 27.8 Å². The molecular weight excluding hydrogens is 429 g/mol. The number of anilines is 1. The Balaban J connectivity index is 2.56. The average Bonchev–Trinajstić information content (AvgIpc) is 2.59. The molecule has 0 fully saturated rings. The van der Waals surface area contributed by atoms with Crippen LogP contribution in [0.4, 0.5) is 10.5 Å². The fourth-order valence-electron chi connectivity index (χ4n) is 2.30. The molecule has 0 aliphatic heterocycles. The molecule has 5 nitrogen and oxygen atoms in total. The van der Waals surface area contributed by atoms with Crippen LogP contribution < -0.4 is 16.0 Å². The summed E-state index contributed by atoms with van der Waals surface area (Å²) in [5, 5.41) is 8.40. The van der Waals surface area contributed by atoms with Crippen LogP contribution in [0.3, 0.4) is 0 Å². The van der Waals surface area contributed by atoms with Crippen LogP contribution in [0.1, 0.15) is 45.1 Å². The van der Waals surface area contributed by atoms with Crippen molar-refractivity contribution in [3.05, 3.63) is 29.8 Å². The van der Waals surface area contributed by atoms with E-state index < -0.39 is 16.1 Å². The van der Waals surface area contributed by atoms with Gasteiger partial charge < -0.3 is 15.4 Å². The molecule has 0 saturated heterocycles. The van der Waals surface area contributed by atoms with Crippen LogP contribution in [0, 0.1) is 0 Å². The first-order chi connectivity index (χ1) is 12.8. The number of benzene rings is 1. The molecule has 0 aliphatic carbocycles. The first-order valence-corrected chi connectivity index (χ1v) is 10.5. The molecule has 0 spiro atoms. The van der Waals surface area contributed by atoms with Crippen LogP contribution >= 0.6 is 47.0 Å². The standard InChI is InChI=1S/C18H26Cl3N3O2S/c1-3-5-6-7-8-13-9-11-14(12-10-13)22-16(27)23-15(18(19,20)21)24-17(25)26-4-2/h9-12,15H,3-8H2,1-2H3,(H,24,25)(H2,22,23,27). The second-order valence-corrected chi connectivity index (χ2v) is 8.72. The van der Waals surface area contributed by atoms with Gasteiger partial charge in [-0.2, -0.15) is 0 Å². The molecule has 3 N–H and O–H groups in total. The fourth-order valence-corrected chi connectivity index (χ4v) is 2.86. The van der Waals surface area contributed by atoms with Crippen molar-refractivity contribution in [1.29, 1.82) is 0 Å². The summed E-state index contributed by atoms with van der Waals surface area (Å²) in [4.78, 5) is 11.6. The number of carbonyl (C=O) groups excluding carboxylic acids is 1. The number of alkyl halides is 3. The molecule has 1 amide bonds. The molecule has 0 aromatic heterocycles. The predicted octanol–water partition coefficient (Wildman–Crippen LogP) is 5.54. The normalized spacial score (nSPS) is 12.2. The van der Waals surface area contributed by atoms with Crippen LogP contribution in [0.25, 0.3) is 0 Å². The lowest BCUT2D eigenvalue weighted by molar-refractivity contribution is 0.147. The molecule has 27 heavy (non-hydrogen) atoms. The molecule has 1 aromatic carbocycles. The van der Waals surface area contributed by atoms with Gasteiger partial charge in [0.15, 0.2) is 11.3 Å². The zero-order chi connectivity index (χ0) is 20.3. The zero-order valence-corrected chi connectivity index (χ0v) is 18.6. The third-order valence-electron chi connectivity index (χ3n) is 3.67. The summed E-state index contributed by atoms with van der Waals surface area (Å²) >= 11 is 22.9. The van der Waals surface area contributed by atoms with Crippen LogP contribution in [0.2, 0.25) is 0 Å². The summed E-state index contributed by atoms with van der Waals surface area (Å²) in [7, 11) is 0. The third-order valence-corrected chi connectivity index (χ3v) is 4.55. The van der Waals surface area contributed by atoms with Gasteiger partial charge in [0.1, 0.15) is 0 Å². The smallest absolute Gasteiger partial charge is 0.408 e. The summed E-state index contributed by atoms with van der Waals surface area (Å²) in [5.74, 6) is 0. The summed E-state index contributed by atoms with van der Waals surface area (Å²) in [6, 6.07) is 7.98. The first-order valence-electron chi connectivity index (χ1n) is 8.92. The highest BCUT2D eigenvalue weighted by molar-refractivity contribution is 7.80. The van der Waals surface area contributed by atoms with Gasteiger partial charge in [-0.25, -0.2) is 4.79 Å². The van der Waals surface area contributed by atoms with Gasteiger partial charge in [0.25, 0.3) is 0 Å². The molecule has 0 saturated carbocycles. The van der Waals surface area contributed by atoms with E-state index in [2.05, 4.69) is 35.0 Å². The number of hydrogen-bond acceptors (Lipinski definition) is 3. The average molecular weight is 455 g/mol. The summed E-state index contributed by atoms with van der Waals surface area (Å²) < 4.78 is 2.98. The number of rotatable bonds is 9. The lowest BCUT2D eigenvalue weighted by atomic mass is 10.1. The third kappa shape index (κ3) is 10.2. The van der Waals surface area contributed by atoms with Crippen molar-refractivity contribution in [3.63, 3.8) is 0 Å². The maximum atomic E-state index is 11.6. The lowest BCUT2D eigenvalue weighted by Gasteiger charge is -2.27. The highest BCUT2D eigenvalue weighted by Gasteiger charge is 2.35. The Kier molecular flexibility index (Phi) is 11.1. The molecule has 9 heteroatoms. The van der Waals surface area contributed by atoms with Crippen molar-refractivity contribution < 1.29 is 9.53 Å². The summed E-state index contributed by atoms with van der Waals surface area (Å²) in [6.07, 6.45) is 4.22. The number of thiocarbonyl (C=S) groups is 1. The zero-order valence-electron chi connectivity index (χ0n) is 15.5. The van der Waals surface area contributed by atoms with Gasteiger partial charge in [0.05, 0.1) is 6.61 Å². The van der Waals surface area contributed by atoms with Gasteiger partial charge >= 0.3 is 6.09 Å². The van der Waals surface area contributed by atoms with Crippen molar-refractivity contribution in [1.82, 2.24) is 10.6 Å². The van der Waals surface area contributed by atoms with Crippen molar-refractivity contribution in [3.8, 4) is 0 Å². The number of alkyl carbamates (subject to hydrolysis) is 1. The number of hydrogen-bond donors (Lipinski definition) is 3. The molecule has 0 heterocycles. The monoisotopic (exact) mass is 453 g/mol. The van der Waals surface area contributed by atoms with Crippen molar-refractivity contribution in [2.45, 2.75) is 55.9 Å². The van der Waals surface area contributed by atoms with Gasteiger partial charge in [-0.15, -0.1) is 0 Å². The molecule has 152 valence electrons. The van der Waals surface area contributed by atoms with E-state index in [-0.39, 0.29) is 11.7 Å². The quantitative estimate of drug-likeness (QED) is 0.198. The van der Waals surface area contributed by atoms with Gasteiger partial charge in [-0.3, -0.25) is 5.32 Å². The molecule has 0 radical (unpaired) electrons. The molecule has 1 aromatic rings. The van der Waals surface area contributed by atoms with E-state index in [1.54, 1.807) is 6.92 Å². The number of ether oxygens (including phenoxy) is 1.